The van der Waals surface area contributed by atoms with E-state index < -0.39 is 10.0 Å². The van der Waals surface area contributed by atoms with Crippen molar-refractivity contribution in [2.45, 2.75) is 43.5 Å². The second kappa shape index (κ2) is 12.4. The SMILES string of the molecule is CCCCNc1ncc(C(=O)Nc2ccc(S(=O)(=O)N3CCOCC3)cc2)c(NC2CCNCC2)n1. The first-order valence-electron chi connectivity index (χ1n) is 12.5. The van der Waals surface area contributed by atoms with Crippen LogP contribution in [0.25, 0.3) is 0 Å². The normalized spacial score (nSPS) is 17.5. The van der Waals surface area contributed by atoms with Gasteiger partial charge in [-0.05, 0) is 56.6 Å². The van der Waals surface area contributed by atoms with Crippen molar-refractivity contribution in [2.24, 2.45) is 0 Å². The van der Waals surface area contributed by atoms with Crippen LogP contribution in [-0.2, 0) is 14.8 Å². The maximum absolute atomic E-state index is 13.2. The number of aromatic nitrogens is 2. The average Bonchev–Trinajstić information content (AvgIpc) is 2.90. The highest BCUT2D eigenvalue weighted by molar-refractivity contribution is 7.89. The molecule has 0 spiro atoms. The Morgan fingerprint density at radius 1 is 1.17 bits per heavy atom. The molecule has 0 aliphatic carbocycles. The second-order valence-electron chi connectivity index (χ2n) is 8.90. The van der Waals surface area contributed by atoms with Gasteiger partial charge in [0.1, 0.15) is 11.4 Å². The van der Waals surface area contributed by atoms with Crippen molar-refractivity contribution in [3.8, 4) is 0 Å². The Kier molecular flexibility index (Phi) is 9.08. The maximum Gasteiger partial charge on any atom is 0.260 e. The summed E-state index contributed by atoms with van der Waals surface area (Å²) in [5.41, 5.74) is 0.818. The first-order valence-corrected chi connectivity index (χ1v) is 14.0. The van der Waals surface area contributed by atoms with E-state index in [-0.39, 0.29) is 16.8 Å². The lowest BCUT2D eigenvalue weighted by atomic mass is 10.1. The number of amides is 1. The van der Waals surface area contributed by atoms with Crippen molar-refractivity contribution in [2.75, 3.05) is 61.9 Å². The number of nitrogens with one attached hydrogen (secondary N) is 4. The van der Waals surface area contributed by atoms with E-state index in [1.165, 1.54) is 22.6 Å². The van der Waals surface area contributed by atoms with Crippen LogP contribution in [0.3, 0.4) is 0 Å². The number of rotatable bonds is 10. The number of morpholine rings is 1. The van der Waals surface area contributed by atoms with E-state index in [2.05, 4.69) is 38.2 Å². The molecule has 0 radical (unpaired) electrons. The monoisotopic (exact) mass is 517 g/mol. The highest BCUT2D eigenvalue weighted by Crippen LogP contribution is 2.22. The van der Waals surface area contributed by atoms with Gasteiger partial charge in [-0.2, -0.15) is 9.29 Å². The number of carbonyl (C=O) groups excluding carboxylic acids is 1. The molecule has 3 heterocycles. The molecule has 11 nitrogen and oxygen atoms in total. The Bertz CT molecular complexity index is 1120. The molecule has 2 saturated heterocycles. The van der Waals surface area contributed by atoms with Gasteiger partial charge < -0.3 is 26.0 Å². The Morgan fingerprint density at radius 3 is 2.58 bits per heavy atom. The van der Waals surface area contributed by atoms with Gasteiger partial charge in [-0.1, -0.05) is 13.3 Å². The summed E-state index contributed by atoms with van der Waals surface area (Å²) in [5, 5.41) is 12.8. The van der Waals surface area contributed by atoms with E-state index in [1.807, 2.05) is 0 Å². The molecule has 12 heteroatoms. The van der Waals surface area contributed by atoms with E-state index in [4.69, 9.17) is 4.74 Å². The second-order valence-corrected chi connectivity index (χ2v) is 10.8. The highest BCUT2D eigenvalue weighted by atomic mass is 32.2. The van der Waals surface area contributed by atoms with E-state index in [9.17, 15) is 13.2 Å². The van der Waals surface area contributed by atoms with Crippen molar-refractivity contribution >= 4 is 33.4 Å². The largest absolute Gasteiger partial charge is 0.379 e. The zero-order chi connectivity index (χ0) is 25.4. The van der Waals surface area contributed by atoms with Crippen molar-refractivity contribution in [3.05, 3.63) is 36.0 Å². The number of piperidine rings is 1. The fourth-order valence-electron chi connectivity index (χ4n) is 4.12. The van der Waals surface area contributed by atoms with Gasteiger partial charge in [0.15, 0.2) is 0 Å². The van der Waals surface area contributed by atoms with Crippen LogP contribution in [0.1, 0.15) is 43.0 Å². The minimum absolute atomic E-state index is 0.182. The smallest absolute Gasteiger partial charge is 0.260 e. The molecule has 0 unspecified atom stereocenters. The predicted octanol–water partition coefficient (Wildman–Crippen LogP) is 2.13. The molecule has 2 aliphatic heterocycles. The van der Waals surface area contributed by atoms with Crippen molar-refractivity contribution in [3.63, 3.8) is 0 Å². The predicted molar refractivity (Wildman–Crippen MR) is 139 cm³/mol. The van der Waals surface area contributed by atoms with E-state index in [0.717, 1.165) is 45.3 Å². The maximum atomic E-state index is 13.2. The molecule has 0 atom stereocenters. The number of unbranched alkanes of at least 4 members (excludes halogenated alkanes) is 1. The van der Waals surface area contributed by atoms with Crippen molar-refractivity contribution in [1.82, 2.24) is 19.6 Å². The van der Waals surface area contributed by atoms with Gasteiger partial charge in [0.25, 0.3) is 5.91 Å². The molecular formula is C24H35N7O4S. The zero-order valence-corrected chi connectivity index (χ0v) is 21.4. The van der Waals surface area contributed by atoms with E-state index in [0.29, 0.717) is 49.3 Å². The molecule has 2 aromatic rings. The van der Waals surface area contributed by atoms with Crippen LogP contribution < -0.4 is 21.3 Å². The van der Waals surface area contributed by atoms with Crippen LogP contribution in [0.5, 0.6) is 0 Å². The summed E-state index contributed by atoms with van der Waals surface area (Å²) in [6, 6.07) is 6.40. The molecule has 2 fully saturated rings. The molecule has 4 N–H and O–H groups in total. The van der Waals surface area contributed by atoms with Gasteiger partial charge in [0.2, 0.25) is 16.0 Å². The number of anilines is 3. The summed E-state index contributed by atoms with van der Waals surface area (Å²) in [4.78, 5) is 22.3. The summed E-state index contributed by atoms with van der Waals surface area (Å²) in [5.74, 6) is 0.601. The number of sulfonamides is 1. The number of nitrogens with zero attached hydrogens (tertiary/aromatic N) is 3. The van der Waals surface area contributed by atoms with Crippen LogP contribution in [0.15, 0.2) is 35.4 Å². The minimum atomic E-state index is -3.60. The zero-order valence-electron chi connectivity index (χ0n) is 20.6. The van der Waals surface area contributed by atoms with Gasteiger partial charge in [0, 0.05) is 37.6 Å². The third-order valence-corrected chi connectivity index (χ3v) is 8.16. The van der Waals surface area contributed by atoms with Gasteiger partial charge in [0.05, 0.1) is 18.1 Å². The van der Waals surface area contributed by atoms with Crippen molar-refractivity contribution in [1.29, 1.82) is 0 Å². The van der Waals surface area contributed by atoms with E-state index in [1.54, 1.807) is 12.1 Å². The molecule has 2 aliphatic rings. The Labute approximate surface area is 212 Å². The first-order chi connectivity index (χ1) is 17.5. The lowest BCUT2D eigenvalue weighted by Gasteiger charge is -2.26. The van der Waals surface area contributed by atoms with Gasteiger partial charge >= 0.3 is 0 Å². The van der Waals surface area contributed by atoms with E-state index >= 15 is 0 Å². The number of benzene rings is 1. The number of carbonyl (C=O) groups is 1. The molecule has 196 valence electrons. The van der Waals surface area contributed by atoms with Crippen LogP contribution in [0, 0.1) is 0 Å². The highest BCUT2D eigenvalue weighted by Gasteiger charge is 2.26. The molecule has 1 aromatic carbocycles. The fourth-order valence-corrected chi connectivity index (χ4v) is 5.53. The molecule has 1 aromatic heterocycles. The molecule has 4 rings (SSSR count). The minimum Gasteiger partial charge on any atom is -0.379 e. The van der Waals surface area contributed by atoms with Crippen LogP contribution in [-0.4, -0.2) is 80.6 Å². The lowest BCUT2D eigenvalue weighted by Crippen LogP contribution is -2.40. The van der Waals surface area contributed by atoms with Crippen LogP contribution in [0.4, 0.5) is 17.5 Å². The van der Waals surface area contributed by atoms with Crippen LogP contribution in [0.2, 0.25) is 0 Å². The summed E-state index contributed by atoms with van der Waals surface area (Å²) >= 11 is 0. The Hall–Kier alpha value is -2.80. The third-order valence-electron chi connectivity index (χ3n) is 6.25. The molecular weight excluding hydrogens is 482 g/mol. The summed E-state index contributed by atoms with van der Waals surface area (Å²) in [6.45, 7) is 6.12. The van der Waals surface area contributed by atoms with Crippen molar-refractivity contribution < 1.29 is 17.9 Å². The Balaban J connectivity index is 1.48. The van der Waals surface area contributed by atoms with Gasteiger partial charge in [-0.15, -0.1) is 0 Å². The summed E-state index contributed by atoms with van der Waals surface area (Å²) < 4.78 is 32.4. The first kappa shape index (κ1) is 26.3. The quantitative estimate of drug-likeness (QED) is 0.349. The Morgan fingerprint density at radius 2 is 1.89 bits per heavy atom. The number of hydrogen-bond acceptors (Lipinski definition) is 9. The standard InChI is InChI=1S/C24H35N7O4S/c1-2-3-10-26-24-27-17-21(22(30-24)28-19-8-11-25-12-9-19)23(32)29-18-4-6-20(7-5-18)36(33,34)31-13-15-35-16-14-31/h4-7,17,19,25H,2-3,8-16H2,1H3,(H,29,32)(H2,26,27,28,30). The third kappa shape index (κ3) is 6.69. The number of ether oxygens (including phenoxy) is 1. The van der Waals surface area contributed by atoms with Gasteiger partial charge in [-0.25, -0.2) is 13.4 Å². The molecule has 0 bridgehead atoms. The fraction of sp³-hybridized carbons (Fsp3) is 0.542. The summed E-state index contributed by atoms with van der Waals surface area (Å²) in [6.07, 6.45) is 5.45. The lowest BCUT2D eigenvalue weighted by molar-refractivity contribution is 0.0730. The molecule has 1 amide bonds. The molecule has 0 saturated carbocycles. The molecule has 36 heavy (non-hydrogen) atoms. The van der Waals surface area contributed by atoms with Crippen LogP contribution >= 0.6 is 0 Å². The van der Waals surface area contributed by atoms with Gasteiger partial charge in [-0.3, -0.25) is 4.79 Å². The topological polar surface area (TPSA) is 138 Å². The number of hydrogen-bond donors (Lipinski definition) is 4. The average molecular weight is 518 g/mol. The summed E-state index contributed by atoms with van der Waals surface area (Å²) in [7, 11) is -3.60.